The average Bonchev–Trinajstić information content (AvgIpc) is 2.79. The fraction of sp³-hybridized carbons (Fsp3) is 0.647. The number of hydrazine groups is 1. The van der Waals surface area contributed by atoms with Gasteiger partial charge in [0.2, 0.25) is 11.8 Å². The van der Waals surface area contributed by atoms with Crippen LogP contribution in [0.5, 0.6) is 0 Å². The summed E-state index contributed by atoms with van der Waals surface area (Å²) in [5.74, 6) is -5.22. The number of nitrogens with one attached hydrogen (secondary N) is 6. The first-order valence-electron chi connectivity index (χ1n) is 10.0. The number of rotatable bonds is 4. The van der Waals surface area contributed by atoms with E-state index in [1.807, 2.05) is 16.2 Å². The Kier molecular flexibility index (Phi) is 12.8. The number of hydrogen-bond acceptors (Lipinski definition) is 10. The molecule has 0 aromatic heterocycles. The smallest absolute Gasteiger partial charge is 0.316 e. The first-order valence-corrected chi connectivity index (χ1v) is 10.0. The van der Waals surface area contributed by atoms with Crippen LogP contribution in [-0.4, -0.2) is 115 Å². The summed E-state index contributed by atoms with van der Waals surface area (Å²) in [5, 5.41) is 36.3. The second-order valence-electron chi connectivity index (χ2n) is 6.74. The van der Waals surface area contributed by atoms with E-state index in [1.165, 1.54) is 0 Å². The second-order valence-corrected chi connectivity index (χ2v) is 6.74. The van der Waals surface area contributed by atoms with Crippen LogP contribution in [0.1, 0.15) is 6.42 Å². The van der Waals surface area contributed by atoms with Gasteiger partial charge in [0.15, 0.2) is 0 Å². The molecular weight excluding hydrogens is 464 g/mol. The number of carboxylic acid groups (broad SMARTS) is 1. The van der Waals surface area contributed by atoms with Gasteiger partial charge in [-0.2, -0.15) is 0 Å². The van der Waals surface area contributed by atoms with E-state index in [1.54, 1.807) is 0 Å². The third kappa shape index (κ3) is 10.9. The summed E-state index contributed by atoms with van der Waals surface area (Å²) >= 11 is 0. The predicted molar refractivity (Wildman–Crippen MR) is 109 cm³/mol. The van der Waals surface area contributed by atoms with E-state index in [0.29, 0.717) is 0 Å². The molecule has 0 aromatic rings. The number of ether oxygens (including phenoxy) is 2. The van der Waals surface area contributed by atoms with Crippen molar-refractivity contribution in [2.45, 2.75) is 24.5 Å². The summed E-state index contributed by atoms with van der Waals surface area (Å²) < 4.78 is 10.2. The molecule has 1 fully saturated rings. The average molecular weight is 492 g/mol. The number of amides is 6. The minimum absolute atomic E-state index is 0.000626. The zero-order valence-electron chi connectivity index (χ0n) is 18.0. The lowest BCUT2D eigenvalue weighted by molar-refractivity contribution is -0.140. The van der Waals surface area contributed by atoms with E-state index in [-0.39, 0.29) is 26.4 Å². The van der Waals surface area contributed by atoms with Crippen molar-refractivity contribution in [2.75, 3.05) is 46.2 Å². The molecule has 1 heterocycles. The second kappa shape index (κ2) is 15.3. The number of aliphatic hydroxyl groups is 2. The van der Waals surface area contributed by atoms with Crippen molar-refractivity contribution in [3.63, 3.8) is 0 Å². The summed E-state index contributed by atoms with van der Waals surface area (Å²) in [5.41, 5.74) is 3.76. The molecule has 0 spiro atoms. The van der Waals surface area contributed by atoms with Gasteiger partial charge in [0, 0.05) is 6.54 Å². The monoisotopic (exact) mass is 492 g/mol. The first-order chi connectivity index (χ1) is 16.2. The summed E-state index contributed by atoms with van der Waals surface area (Å²) in [6.45, 7) is -1.99. The maximum Gasteiger partial charge on any atom is 0.316 e. The van der Waals surface area contributed by atoms with Crippen LogP contribution in [0.4, 0.5) is 4.79 Å². The van der Waals surface area contributed by atoms with Gasteiger partial charge in [0.25, 0.3) is 11.8 Å². The fourth-order valence-corrected chi connectivity index (χ4v) is 2.42. The lowest BCUT2D eigenvalue weighted by atomic mass is 10.2. The van der Waals surface area contributed by atoms with Gasteiger partial charge in [-0.1, -0.05) is 0 Å². The Labute approximate surface area is 192 Å². The zero-order chi connectivity index (χ0) is 25.5. The van der Waals surface area contributed by atoms with E-state index in [9.17, 15) is 39.0 Å². The highest BCUT2D eigenvalue weighted by atomic mass is 16.5. The predicted octanol–water partition coefficient (Wildman–Crippen LogP) is -5.72. The van der Waals surface area contributed by atoms with Gasteiger partial charge in [0.1, 0.15) is 24.7 Å². The van der Waals surface area contributed by atoms with Crippen LogP contribution in [0.3, 0.4) is 0 Å². The highest BCUT2D eigenvalue weighted by Gasteiger charge is 2.28. The molecule has 0 bridgehead atoms. The van der Waals surface area contributed by atoms with Gasteiger partial charge in [-0.25, -0.2) is 4.79 Å². The van der Waals surface area contributed by atoms with E-state index in [2.05, 4.69) is 16.0 Å². The largest absolute Gasteiger partial charge is 0.481 e. The maximum absolute atomic E-state index is 12.3. The number of aliphatic carboxylic acids is 1. The Morgan fingerprint density at radius 2 is 1.35 bits per heavy atom. The van der Waals surface area contributed by atoms with Crippen molar-refractivity contribution in [1.29, 1.82) is 0 Å². The third-order valence-corrected chi connectivity index (χ3v) is 4.10. The van der Waals surface area contributed by atoms with Gasteiger partial charge < -0.3 is 46.1 Å². The lowest BCUT2D eigenvalue weighted by Crippen LogP contribution is -2.60. The normalized spacial score (nSPS) is 24.8. The molecule has 0 aromatic carbocycles. The highest BCUT2D eigenvalue weighted by molar-refractivity contribution is 5.94. The summed E-state index contributed by atoms with van der Waals surface area (Å²) in [6, 6.07) is -5.76. The lowest BCUT2D eigenvalue weighted by Gasteiger charge is -2.21. The molecule has 34 heavy (non-hydrogen) atoms. The van der Waals surface area contributed by atoms with E-state index in [4.69, 9.17) is 14.6 Å². The molecule has 6 amide bonds. The summed E-state index contributed by atoms with van der Waals surface area (Å²) in [7, 11) is 0. The molecule has 192 valence electrons. The molecule has 0 saturated carbocycles. The van der Waals surface area contributed by atoms with Crippen molar-refractivity contribution in [1.82, 2.24) is 32.1 Å². The van der Waals surface area contributed by atoms with E-state index >= 15 is 0 Å². The molecule has 0 radical (unpaired) electrons. The van der Waals surface area contributed by atoms with Gasteiger partial charge >= 0.3 is 12.0 Å². The number of carbonyl (C=O) groups is 6. The number of aliphatic hydroxyl groups excluding tert-OH is 2. The van der Waals surface area contributed by atoms with Gasteiger partial charge in [-0.05, 0) is 0 Å². The minimum Gasteiger partial charge on any atom is -0.481 e. The minimum atomic E-state index is -1.71. The van der Waals surface area contributed by atoms with Crippen molar-refractivity contribution in [3.05, 3.63) is 0 Å². The van der Waals surface area contributed by atoms with E-state index < -0.39 is 80.0 Å². The van der Waals surface area contributed by atoms with Crippen LogP contribution < -0.4 is 32.1 Å². The molecular formula is C17H28N6O11. The van der Waals surface area contributed by atoms with Crippen LogP contribution >= 0.6 is 0 Å². The van der Waals surface area contributed by atoms with Crippen LogP contribution in [0.25, 0.3) is 0 Å². The summed E-state index contributed by atoms with van der Waals surface area (Å²) in [4.78, 5) is 71.5. The number of hydrogen-bond donors (Lipinski definition) is 9. The number of carboxylic acids is 1. The Morgan fingerprint density at radius 3 is 1.97 bits per heavy atom. The van der Waals surface area contributed by atoms with Crippen LogP contribution in [0, 0.1) is 0 Å². The molecule has 1 aliphatic heterocycles. The highest BCUT2D eigenvalue weighted by Crippen LogP contribution is 1.95. The van der Waals surface area contributed by atoms with Crippen LogP contribution in [-0.2, 0) is 33.4 Å². The summed E-state index contributed by atoms with van der Waals surface area (Å²) in [6.07, 6.45) is -0.903. The van der Waals surface area contributed by atoms with Crippen molar-refractivity contribution >= 4 is 35.6 Å². The van der Waals surface area contributed by atoms with Gasteiger partial charge in [-0.15, -0.1) is 0 Å². The Bertz CT molecular complexity index is 749. The first kappa shape index (κ1) is 28.5. The molecule has 9 N–H and O–H groups in total. The molecule has 1 rings (SSSR count). The molecule has 17 heteroatoms. The van der Waals surface area contributed by atoms with Crippen molar-refractivity contribution in [3.8, 4) is 0 Å². The molecule has 0 aliphatic carbocycles. The molecule has 0 unspecified atom stereocenters. The Morgan fingerprint density at radius 1 is 0.794 bits per heavy atom. The third-order valence-electron chi connectivity index (χ3n) is 4.10. The molecule has 1 aliphatic rings. The van der Waals surface area contributed by atoms with Gasteiger partial charge in [-0.3, -0.25) is 34.8 Å². The number of urea groups is 1. The van der Waals surface area contributed by atoms with Gasteiger partial charge in [0.05, 0.1) is 39.5 Å². The topological polar surface area (TPSA) is 254 Å². The quantitative estimate of drug-likeness (QED) is 0.179. The zero-order valence-corrected chi connectivity index (χ0v) is 18.0. The fourth-order valence-electron chi connectivity index (χ4n) is 2.42. The van der Waals surface area contributed by atoms with Crippen molar-refractivity contribution in [2.24, 2.45) is 0 Å². The van der Waals surface area contributed by atoms with Crippen LogP contribution in [0.15, 0.2) is 0 Å². The standard InChI is InChI=1S/C17H28N6O11/c24-6-10-14(29)18-1-2-33-3-4-34-8-12(26)19-11(7-25)16(31)23-22-15(30)9(5-13(27)28)20-17(32)21-10/h9-11,24-25H,1-8H2,(H,18,29)(H,19,26)(H,22,30)(H,23,31)(H,27,28)(H2,20,21,32)/t9-,10+,11-/m0/s1. The Hall–Kier alpha value is -3.54. The molecule has 17 nitrogen and oxygen atoms in total. The van der Waals surface area contributed by atoms with E-state index in [0.717, 1.165) is 0 Å². The molecule has 1 saturated heterocycles. The van der Waals surface area contributed by atoms with Crippen LogP contribution in [0.2, 0.25) is 0 Å². The maximum atomic E-state index is 12.3. The SMILES string of the molecule is O=C(O)C[C@@H]1NC(=O)N[C@H](CO)C(=O)NCCOCCOCC(=O)N[C@@H](CO)C(=O)NNC1=O. The molecule has 3 atom stereocenters. The number of carbonyl (C=O) groups excluding carboxylic acids is 5. The Balaban J connectivity index is 2.93. The van der Waals surface area contributed by atoms with Crippen molar-refractivity contribution < 1.29 is 53.6 Å².